The van der Waals surface area contributed by atoms with Crippen molar-refractivity contribution in [1.29, 1.82) is 0 Å². The summed E-state index contributed by atoms with van der Waals surface area (Å²) < 4.78 is 13.2. The fourth-order valence-electron chi connectivity index (χ4n) is 4.24. The van der Waals surface area contributed by atoms with Crippen LogP contribution in [0.3, 0.4) is 0 Å². The molecule has 0 aromatic heterocycles. The van der Waals surface area contributed by atoms with Crippen LogP contribution in [-0.2, 0) is 16.0 Å². The molecular weight excluding hydrogens is 451 g/mol. The summed E-state index contributed by atoms with van der Waals surface area (Å²) in [6, 6.07) is 11.4. The average molecular weight is 483 g/mol. The van der Waals surface area contributed by atoms with Crippen molar-refractivity contribution in [3.63, 3.8) is 0 Å². The lowest BCUT2D eigenvalue weighted by molar-refractivity contribution is -0.137. The van der Waals surface area contributed by atoms with Crippen LogP contribution in [0, 0.1) is 11.7 Å². The molecule has 35 heavy (non-hydrogen) atoms. The summed E-state index contributed by atoms with van der Waals surface area (Å²) in [5, 5.41) is 7.90. The highest BCUT2D eigenvalue weighted by Crippen LogP contribution is 2.22. The maximum absolute atomic E-state index is 13.2. The molecule has 3 rings (SSSR count). The largest absolute Gasteiger partial charge is 0.343 e. The molecule has 0 radical (unpaired) electrons. The number of Topliss-reactive ketones (excluding diaryl/α,β-unsaturated/α-hetero) is 1. The Kier molecular flexibility index (Phi) is 8.94. The number of ketones is 1. The maximum atomic E-state index is 13.2. The normalized spacial score (nSPS) is 16.2. The molecule has 2 atom stereocenters. The van der Waals surface area contributed by atoms with E-state index in [2.05, 4.69) is 16.0 Å². The molecule has 1 saturated heterocycles. The van der Waals surface area contributed by atoms with Crippen LogP contribution in [0.15, 0.2) is 48.5 Å². The van der Waals surface area contributed by atoms with E-state index in [-0.39, 0.29) is 35.9 Å². The Morgan fingerprint density at radius 2 is 1.83 bits per heavy atom. The summed E-state index contributed by atoms with van der Waals surface area (Å²) in [6.45, 7) is 3.76. The molecule has 0 bridgehead atoms. The number of carbonyl (C=O) groups excluding carboxylic acids is 4. The number of benzene rings is 2. The number of rotatable bonds is 8. The second-order valence-electron chi connectivity index (χ2n) is 8.85. The summed E-state index contributed by atoms with van der Waals surface area (Å²) in [4.78, 5) is 50.6. The summed E-state index contributed by atoms with van der Waals surface area (Å²) >= 11 is 0. The Morgan fingerprint density at radius 3 is 2.51 bits per heavy atom. The van der Waals surface area contributed by atoms with Gasteiger partial charge in [0, 0.05) is 37.8 Å². The Morgan fingerprint density at radius 1 is 1.09 bits per heavy atom. The molecule has 0 aliphatic carbocycles. The molecule has 4 amide bonds. The van der Waals surface area contributed by atoms with Crippen molar-refractivity contribution in [2.24, 2.45) is 5.92 Å². The van der Waals surface area contributed by atoms with Gasteiger partial charge in [0.05, 0.1) is 0 Å². The van der Waals surface area contributed by atoms with Gasteiger partial charge in [-0.3, -0.25) is 14.4 Å². The number of nitrogens with one attached hydrogen (secondary N) is 3. The minimum atomic E-state index is -0.911. The topological polar surface area (TPSA) is 108 Å². The number of hydrogen-bond donors (Lipinski definition) is 3. The van der Waals surface area contributed by atoms with Crippen molar-refractivity contribution in [3.8, 4) is 0 Å². The number of amides is 4. The fourth-order valence-corrected chi connectivity index (χ4v) is 4.24. The van der Waals surface area contributed by atoms with Crippen LogP contribution in [0.2, 0.25) is 0 Å². The van der Waals surface area contributed by atoms with Gasteiger partial charge in [0.25, 0.3) is 0 Å². The van der Waals surface area contributed by atoms with Crippen LogP contribution >= 0.6 is 0 Å². The van der Waals surface area contributed by atoms with E-state index < -0.39 is 12.1 Å². The van der Waals surface area contributed by atoms with E-state index in [0.717, 1.165) is 24.8 Å². The van der Waals surface area contributed by atoms with Gasteiger partial charge in [-0.25, -0.2) is 9.18 Å². The minimum absolute atomic E-state index is 0.0875. The first-order valence-corrected chi connectivity index (χ1v) is 11.7. The smallest absolute Gasteiger partial charge is 0.319 e. The predicted octanol–water partition coefficient (Wildman–Crippen LogP) is 3.14. The number of likely N-dealkylation sites (tertiary alicyclic amines) is 1. The number of carbonyl (C=O) groups is 4. The van der Waals surface area contributed by atoms with Crippen molar-refractivity contribution in [2.75, 3.05) is 25.0 Å². The van der Waals surface area contributed by atoms with Gasteiger partial charge in [0.1, 0.15) is 11.9 Å². The van der Waals surface area contributed by atoms with Crippen molar-refractivity contribution in [2.45, 2.75) is 39.2 Å². The van der Waals surface area contributed by atoms with Crippen molar-refractivity contribution in [3.05, 3.63) is 65.5 Å². The van der Waals surface area contributed by atoms with E-state index in [9.17, 15) is 23.6 Å². The van der Waals surface area contributed by atoms with Crippen LogP contribution in [0.4, 0.5) is 14.9 Å². The van der Waals surface area contributed by atoms with Crippen LogP contribution in [0.1, 0.15) is 42.6 Å². The molecule has 1 fully saturated rings. The first-order valence-electron chi connectivity index (χ1n) is 11.7. The second kappa shape index (κ2) is 12.1. The molecule has 1 heterocycles. The zero-order valence-corrected chi connectivity index (χ0v) is 20.0. The number of piperidine rings is 1. The first kappa shape index (κ1) is 25.9. The summed E-state index contributed by atoms with van der Waals surface area (Å²) in [6.07, 6.45) is 2.51. The van der Waals surface area contributed by atoms with Crippen molar-refractivity contribution in [1.82, 2.24) is 15.5 Å². The van der Waals surface area contributed by atoms with Gasteiger partial charge >= 0.3 is 6.03 Å². The molecule has 2 aromatic carbocycles. The average Bonchev–Trinajstić information content (AvgIpc) is 2.83. The van der Waals surface area contributed by atoms with Crippen LogP contribution in [-0.4, -0.2) is 54.2 Å². The van der Waals surface area contributed by atoms with Crippen LogP contribution in [0.5, 0.6) is 0 Å². The Bertz CT molecular complexity index is 1070. The molecule has 1 aliphatic heterocycles. The Labute approximate surface area is 204 Å². The third-order valence-electron chi connectivity index (χ3n) is 5.94. The van der Waals surface area contributed by atoms with Gasteiger partial charge in [0.2, 0.25) is 11.8 Å². The number of halogens is 1. The molecule has 3 N–H and O–H groups in total. The van der Waals surface area contributed by atoms with E-state index in [1.807, 2.05) is 0 Å². The van der Waals surface area contributed by atoms with E-state index in [0.29, 0.717) is 24.3 Å². The summed E-state index contributed by atoms with van der Waals surface area (Å²) in [7, 11) is 0. The molecule has 0 spiro atoms. The first-order chi connectivity index (χ1) is 16.7. The summed E-state index contributed by atoms with van der Waals surface area (Å²) in [5.41, 5.74) is 1.92. The third-order valence-corrected chi connectivity index (χ3v) is 5.94. The Balaban J connectivity index is 1.58. The quantitative estimate of drug-likeness (QED) is 0.503. The lowest BCUT2D eigenvalue weighted by atomic mass is 9.91. The van der Waals surface area contributed by atoms with Gasteiger partial charge in [-0.1, -0.05) is 24.3 Å². The number of hydrogen-bond acceptors (Lipinski definition) is 4. The fraction of sp³-hybridized carbons (Fsp3) is 0.385. The van der Waals surface area contributed by atoms with Crippen molar-refractivity contribution < 1.29 is 23.6 Å². The molecule has 0 saturated carbocycles. The monoisotopic (exact) mass is 482 g/mol. The molecule has 2 aromatic rings. The summed E-state index contributed by atoms with van der Waals surface area (Å²) in [5.74, 6) is -0.816. The second-order valence-corrected chi connectivity index (χ2v) is 8.85. The highest BCUT2D eigenvalue weighted by molar-refractivity contribution is 5.97. The zero-order chi connectivity index (χ0) is 25.4. The molecule has 8 nitrogen and oxygen atoms in total. The number of urea groups is 1. The van der Waals surface area contributed by atoms with E-state index >= 15 is 0 Å². The maximum Gasteiger partial charge on any atom is 0.319 e. The van der Waals surface area contributed by atoms with Gasteiger partial charge in [-0.15, -0.1) is 0 Å². The minimum Gasteiger partial charge on any atom is -0.343 e. The predicted molar refractivity (Wildman–Crippen MR) is 130 cm³/mol. The van der Waals surface area contributed by atoms with Gasteiger partial charge in [-0.05, 0) is 61.9 Å². The SMILES string of the molecule is CC(=O)NC(CNC(=O)Nc1cccc(C(C)=O)c1)C(=O)N1CCCC(Cc2ccc(F)cc2)C1. The van der Waals surface area contributed by atoms with E-state index in [4.69, 9.17) is 0 Å². The highest BCUT2D eigenvalue weighted by Gasteiger charge is 2.30. The third kappa shape index (κ3) is 7.91. The standard InChI is InChI=1S/C26H31FN4O4/c1-17(32)21-6-3-7-23(14-21)30-26(35)28-15-24(29-18(2)33)25(34)31-12-4-5-20(16-31)13-19-8-10-22(27)11-9-19/h3,6-11,14,20,24H,4-5,12-13,15-16H2,1-2H3,(H,29,33)(H2,28,30,35). The van der Waals surface area contributed by atoms with Crippen LogP contribution in [0.25, 0.3) is 0 Å². The zero-order valence-electron chi connectivity index (χ0n) is 20.0. The molecular formula is C26H31FN4O4. The lowest BCUT2D eigenvalue weighted by Crippen LogP contribution is -2.55. The van der Waals surface area contributed by atoms with Gasteiger partial charge in [0.15, 0.2) is 5.78 Å². The number of nitrogens with zero attached hydrogens (tertiary/aromatic N) is 1. The molecule has 2 unspecified atom stereocenters. The molecule has 186 valence electrons. The van der Waals surface area contributed by atoms with E-state index in [1.165, 1.54) is 26.0 Å². The lowest BCUT2D eigenvalue weighted by Gasteiger charge is -2.35. The molecule has 1 aliphatic rings. The number of anilines is 1. The van der Waals surface area contributed by atoms with E-state index in [1.54, 1.807) is 41.3 Å². The highest BCUT2D eigenvalue weighted by atomic mass is 19.1. The Hall–Kier alpha value is -3.75. The molecule has 9 heteroatoms. The van der Waals surface area contributed by atoms with Crippen molar-refractivity contribution >= 4 is 29.3 Å². The van der Waals surface area contributed by atoms with Gasteiger partial charge < -0.3 is 20.9 Å². The van der Waals surface area contributed by atoms with Gasteiger partial charge in [-0.2, -0.15) is 0 Å². The van der Waals surface area contributed by atoms with Crippen LogP contribution < -0.4 is 16.0 Å².